The largest absolute Gasteiger partial charge is 0.416 e. The van der Waals surface area contributed by atoms with Crippen LogP contribution in [0.4, 0.5) is 22.0 Å². The van der Waals surface area contributed by atoms with Crippen LogP contribution in [0.2, 0.25) is 0 Å². The van der Waals surface area contributed by atoms with E-state index in [-0.39, 0.29) is 5.56 Å². The van der Waals surface area contributed by atoms with Gasteiger partial charge in [-0.2, -0.15) is 13.2 Å². The highest BCUT2D eigenvalue weighted by Crippen LogP contribution is 2.37. The van der Waals surface area contributed by atoms with Crippen molar-refractivity contribution in [3.8, 4) is 0 Å². The Bertz CT molecular complexity index is 792. The van der Waals surface area contributed by atoms with Crippen molar-refractivity contribution in [2.75, 3.05) is 0 Å². The van der Waals surface area contributed by atoms with Gasteiger partial charge in [0.1, 0.15) is 0 Å². The fourth-order valence-electron chi connectivity index (χ4n) is 4.08. The summed E-state index contributed by atoms with van der Waals surface area (Å²) < 4.78 is 66.8. The summed E-state index contributed by atoms with van der Waals surface area (Å²) in [6.45, 7) is 2.64. The number of hydrogen-bond acceptors (Lipinski definition) is 0. The second-order valence-corrected chi connectivity index (χ2v) is 8.04. The standard InChI is InChI=1S/C23H25F5/c1-15-9-16(11-19(10-15)18-5-3-4-6-18)7-8-17-12-20(22(2,24)25)14-21(13-17)23(26,27)28/h9-14,18H,3-8H2,1-2H3. The highest BCUT2D eigenvalue weighted by Gasteiger charge is 2.34. The molecule has 28 heavy (non-hydrogen) atoms. The normalized spacial score (nSPS) is 16.0. The molecular weight excluding hydrogens is 371 g/mol. The zero-order valence-electron chi connectivity index (χ0n) is 16.2. The molecule has 3 rings (SSSR count). The molecule has 0 saturated heterocycles. The lowest BCUT2D eigenvalue weighted by atomic mass is 9.92. The van der Waals surface area contributed by atoms with Crippen LogP contribution >= 0.6 is 0 Å². The van der Waals surface area contributed by atoms with Crippen molar-refractivity contribution in [3.05, 3.63) is 69.8 Å². The van der Waals surface area contributed by atoms with E-state index < -0.39 is 23.2 Å². The van der Waals surface area contributed by atoms with Crippen molar-refractivity contribution < 1.29 is 22.0 Å². The van der Waals surface area contributed by atoms with Crippen molar-refractivity contribution in [2.45, 2.75) is 70.4 Å². The van der Waals surface area contributed by atoms with E-state index in [0.717, 1.165) is 17.2 Å². The Morgan fingerprint density at radius 1 is 0.786 bits per heavy atom. The maximum atomic E-state index is 13.7. The van der Waals surface area contributed by atoms with Gasteiger partial charge < -0.3 is 0 Å². The van der Waals surface area contributed by atoms with Gasteiger partial charge in [-0.3, -0.25) is 0 Å². The lowest BCUT2D eigenvalue weighted by molar-refractivity contribution is -0.137. The van der Waals surface area contributed by atoms with E-state index in [4.69, 9.17) is 0 Å². The minimum absolute atomic E-state index is 0.287. The van der Waals surface area contributed by atoms with Gasteiger partial charge in [-0.15, -0.1) is 0 Å². The smallest absolute Gasteiger partial charge is 0.202 e. The van der Waals surface area contributed by atoms with Crippen LogP contribution in [0.15, 0.2) is 36.4 Å². The minimum Gasteiger partial charge on any atom is -0.202 e. The van der Waals surface area contributed by atoms with Gasteiger partial charge in [0.15, 0.2) is 0 Å². The quantitative estimate of drug-likeness (QED) is 0.457. The molecule has 152 valence electrons. The zero-order chi connectivity index (χ0) is 20.5. The van der Waals surface area contributed by atoms with E-state index in [9.17, 15) is 22.0 Å². The number of hydrogen-bond donors (Lipinski definition) is 0. The number of aryl methyl sites for hydroxylation is 3. The topological polar surface area (TPSA) is 0 Å². The molecule has 1 fully saturated rings. The molecule has 0 atom stereocenters. The van der Waals surface area contributed by atoms with Crippen LogP contribution in [0.3, 0.4) is 0 Å². The lowest BCUT2D eigenvalue weighted by Gasteiger charge is -2.17. The van der Waals surface area contributed by atoms with Gasteiger partial charge in [0.2, 0.25) is 0 Å². The molecule has 0 nitrogen and oxygen atoms in total. The Balaban J connectivity index is 1.84. The van der Waals surface area contributed by atoms with E-state index >= 15 is 0 Å². The summed E-state index contributed by atoms with van der Waals surface area (Å²) in [5.41, 5.74) is 2.14. The number of rotatable bonds is 5. The summed E-state index contributed by atoms with van der Waals surface area (Å²) >= 11 is 0. The molecule has 1 aliphatic carbocycles. The Labute approximate surface area is 162 Å². The van der Waals surface area contributed by atoms with E-state index in [0.29, 0.717) is 31.7 Å². The van der Waals surface area contributed by atoms with Gasteiger partial charge in [-0.05, 0) is 73.4 Å². The Morgan fingerprint density at radius 3 is 1.93 bits per heavy atom. The second kappa shape index (κ2) is 7.84. The molecule has 0 aliphatic heterocycles. The summed E-state index contributed by atoms with van der Waals surface area (Å²) in [5.74, 6) is -2.76. The van der Waals surface area contributed by atoms with Crippen molar-refractivity contribution in [1.82, 2.24) is 0 Å². The molecule has 2 aromatic rings. The second-order valence-electron chi connectivity index (χ2n) is 8.04. The van der Waals surface area contributed by atoms with Crippen LogP contribution < -0.4 is 0 Å². The number of halogens is 5. The van der Waals surface area contributed by atoms with Crippen LogP contribution in [0.25, 0.3) is 0 Å². The number of alkyl halides is 5. The Hall–Kier alpha value is -1.91. The molecule has 0 N–H and O–H groups in total. The fourth-order valence-corrected chi connectivity index (χ4v) is 4.08. The molecular formula is C23H25F5. The van der Waals surface area contributed by atoms with E-state index in [1.165, 1.54) is 37.3 Å². The van der Waals surface area contributed by atoms with Crippen LogP contribution in [-0.4, -0.2) is 0 Å². The molecule has 0 heterocycles. The van der Waals surface area contributed by atoms with Crippen molar-refractivity contribution in [3.63, 3.8) is 0 Å². The van der Waals surface area contributed by atoms with Gasteiger partial charge >= 0.3 is 6.18 Å². The first kappa shape index (κ1) is 20.8. The van der Waals surface area contributed by atoms with Crippen molar-refractivity contribution >= 4 is 0 Å². The third-order valence-electron chi connectivity index (χ3n) is 5.52. The summed E-state index contributed by atoms with van der Waals surface area (Å²) in [6, 6.07) is 9.08. The molecule has 5 heteroatoms. The molecule has 0 amide bonds. The average molecular weight is 396 g/mol. The van der Waals surface area contributed by atoms with Crippen LogP contribution in [0.1, 0.15) is 71.9 Å². The SMILES string of the molecule is Cc1cc(CCc2cc(C(C)(F)F)cc(C(F)(F)F)c2)cc(C2CCCC2)c1. The highest BCUT2D eigenvalue weighted by atomic mass is 19.4. The third kappa shape index (κ3) is 5.12. The first-order chi connectivity index (χ1) is 13.0. The minimum atomic E-state index is -4.64. The van der Waals surface area contributed by atoms with Crippen molar-refractivity contribution in [1.29, 1.82) is 0 Å². The summed E-state index contributed by atoms with van der Waals surface area (Å²) in [6.07, 6.45) is 0.974. The lowest BCUT2D eigenvalue weighted by Crippen LogP contribution is -2.13. The first-order valence-electron chi connectivity index (χ1n) is 9.72. The van der Waals surface area contributed by atoms with Crippen LogP contribution in [0, 0.1) is 6.92 Å². The monoisotopic (exact) mass is 396 g/mol. The first-order valence-corrected chi connectivity index (χ1v) is 9.72. The molecule has 0 spiro atoms. The Kier molecular flexibility index (Phi) is 5.83. The fraction of sp³-hybridized carbons (Fsp3) is 0.478. The van der Waals surface area contributed by atoms with Gasteiger partial charge in [0.05, 0.1) is 5.56 Å². The predicted molar refractivity (Wildman–Crippen MR) is 101 cm³/mol. The molecule has 0 aromatic heterocycles. The van der Waals surface area contributed by atoms with Gasteiger partial charge in [-0.25, -0.2) is 8.78 Å². The molecule has 1 saturated carbocycles. The molecule has 2 aromatic carbocycles. The summed E-state index contributed by atoms with van der Waals surface area (Å²) in [7, 11) is 0. The molecule has 0 radical (unpaired) electrons. The highest BCUT2D eigenvalue weighted by molar-refractivity contribution is 5.36. The zero-order valence-corrected chi connectivity index (χ0v) is 16.2. The molecule has 0 unspecified atom stereocenters. The van der Waals surface area contributed by atoms with Crippen molar-refractivity contribution in [2.24, 2.45) is 0 Å². The predicted octanol–water partition coefficient (Wildman–Crippen LogP) is 7.57. The number of benzene rings is 2. The molecule has 0 bridgehead atoms. The van der Waals surface area contributed by atoms with Gasteiger partial charge in [0, 0.05) is 12.5 Å². The summed E-state index contributed by atoms with van der Waals surface area (Å²) in [4.78, 5) is 0. The summed E-state index contributed by atoms with van der Waals surface area (Å²) in [5, 5.41) is 0. The third-order valence-corrected chi connectivity index (χ3v) is 5.52. The van der Waals surface area contributed by atoms with Gasteiger partial charge in [-0.1, -0.05) is 36.6 Å². The average Bonchev–Trinajstić information content (AvgIpc) is 3.12. The molecule has 1 aliphatic rings. The van der Waals surface area contributed by atoms with Crippen LogP contribution in [-0.2, 0) is 24.9 Å². The Morgan fingerprint density at radius 2 is 1.36 bits per heavy atom. The maximum absolute atomic E-state index is 13.7. The van der Waals surface area contributed by atoms with Crippen LogP contribution in [0.5, 0.6) is 0 Å². The van der Waals surface area contributed by atoms with E-state index in [2.05, 4.69) is 12.1 Å². The van der Waals surface area contributed by atoms with Gasteiger partial charge in [0.25, 0.3) is 5.92 Å². The van der Waals surface area contributed by atoms with E-state index in [1.54, 1.807) is 0 Å². The van der Waals surface area contributed by atoms with E-state index in [1.807, 2.05) is 13.0 Å². The maximum Gasteiger partial charge on any atom is 0.416 e.